The van der Waals surface area contributed by atoms with E-state index in [1.54, 1.807) is 0 Å². The Labute approximate surface area is 146 Å². The van der Waals surface area contributed by atoms with E-state index < -0.39 is 0 Å². The zero-order valence-corrected chi connectivity index (χ0v) is 15.2. The van der Waals surface area contributed by atoms with E-state index in [4.69, 9.17) is 0 Å². The van der Waals surface area contributed by atoms with Crippen LogP contribution in [0.15, 0.2) is 59.1 Å². The maximum absolute atomic E-state index is 12.8. The number of nitrogens with one attached hydrogen (secondary N) is 1. The van der Waals surface area contributed by atoms with Crippen LogP contribution in [0.2, 0.25) is 0 Å². The number of amides is 1. The first-order valence-corrected chi connectivity index (χ1v) is 8.83. The van der Waals surface area contributed by atoms with Gasteiger partial charge in [0.25, 0.3) is 0 Å². The van der Waals surface area contributed by atoms with Gasteiger partial charge in [-0.15, -0.1) is 0 Å². The Balaban J connectivity index is 1.69. The molecule has 1 saturated carbocycles. The molecule has 0 spiro atoms. The van der Waals surface area contributed by atoms with E-state index in [0.717, 1.165) is 22.9 Å². The van der Waals surface area contributed by atoms with Crippen LogP contribution in [-0.2, 0) is 15.6 Å². The lowest BCUT2D eigenvalue weighted by Gasteiger charge is -2.27. The standard InChI is InChI=1S/C20H22BrNO/c1-19(2,15-6-4-3-5-7-15)14-22-18(23)20(12-13-20)16-8-10-17(21)11-9-16/h3-11H,12-14H2,1-2H3,(H,22,23). The van der Waals surface area contributed by atoms with Crippen LogP contribution < -0.4 is 5.32 Å². The average molecular weight is 372 g/mol. The number of carbonyl (C=O) groups excluding carboxylic acids is 1. The number of hydrogen-bond acceptors (Lipinski definition) is 1. The minimum absolute atomic E-state index is 0.0767. The van der Waals surface area contributed by atoms with Crippen LogP contribution in [-0.4, -0.2) is 12.5 Å². The SMILES string of the molecule is CC(C)(CNC(=O)C1(c2ccc(Br)cc2)CC1)c1ccccc1. The van der Waals surface area contributed by atoms with Gasteiger partial charge in [0.1, 0.15) is 0 Å². The number of hydrogen-bond donors (Lipinski definition) is 1. The summed E-state index contributed by atoms with van der Waals surface area (Å²) in [6.45, 7) is 4.98. The van der Waals surface area contributed by atoms with Crippen molar-refractivity contribution in [3.05, 3.63) is 70.2 Å². The first kappa shape index (κ1) is 16.3. The summed E-state index contributed by atoms with van der Waals surface area (Å²) in [5.74, 6) is 0.156. The molecule has 2 aromatic rings. The molecule has 1 aliphatic rings. The lowest BCUT2D eigenvalue weighted by Crippen LogP contribution is -2.41. The maximum atomic E-state index is 12.8. The van der Waals surface area contributed by atoms with Crippen LogP contribution in [0.1, 0.15) is 37.8 Å². The van der Waals surface area contributed by atoms with E-state index in [0.29, 0.717) is 6.54 Å². The first-order chi connectivity index (χ1) is 10.9. The summed E-state index contributed by atoms with van der Waals surface area (Å²) in [7, 11) is 0. The van der Waals surface area contributed by atoms with Gasteiger partial charge in [0.05, 0.1) is 5.41 Å². The minimum atomic E-state index is -0.312. The lowest BCUT2D eigenvalue weighted by molar-refractivity contribution is -0.123. The second kappa shape index (κ2) is 6.12. The molecule has 0 radical (unpaired) electrons. The van der Waals surface area contributed by atoms with Crippen LogP contribution >= 0.6 is 15.9 Å². The van der Waals surface area contributed by atoms with Gasteiger partial charge in [-0.25, -0.2) is 0 Å². The molecule has 2 nitrogen and oxygen atoms in total. The van der Waals surface area contributed by atoms with Crippen LogP contribution in [0, 0.1) is 0 Å². The molecule has 1 amide bonds. The fourth-order valence-electron chi connectivity index (χ4n) is 3.00. The van der Waals surface area contributed by atoms with Gasteiger partial charge in [-0.05, 0) is 36.1 Å². The molecule has 1 N–H and O–H groups in total. The summed E-state index contributed by atoms with van der Waals surface area (Å²) in [4.78, 5) is 12.8. The molecular formula is C20H22BrNO. The highest BCUT2D eigenvalue weighted by molar-refractivity contribution is 9.10. The summed E-state index contributed by atoms with van der Waals surface area (Å²) >= 11 is 3.45. The summed E-state index contributed by atoms with van der Waals surface area (Å²) in [5.41, 5.74) is 1.98. The van der Waals surface area contributed by atoms with Gasteiger partial charge in [-0.1, -0.05) is 72.2 Å². The van der Waals surface area contributed by atoms with Gasteiger partial charge in [0, 0.05) is 16.4 Å². The van der Waals surface area contributed by atoms with E-state index in [1.807, 2.05) is 30.3 Å². The van der Waals surface area contributed by atoms with Gasteiger partial charge in [0.2, 0.25) is 5.91 Å². The van der Waals surface area contributed by atoms with Crippen LogP contribution in [0.5, 0.6) is 0 Å². The average Bonchev–Trinajstić information content (AvgIpc) is 3.36. The molecule has 3 rings (SSSR count). The summed E-state index contributed by atoms with van der Waals surface area (Å²) < 4.78 is 1.04. The number of carbonyl (C=O) groups is 1. The highest BCUT2D eigenvalue weighted by atomic mass is 79.9. The van der Waals surface area contributed by atoms with E-state index in [-0.39, 0.29) is 16.7 Å². The third-order valence-electron chi connectivity index (χ3n) is 4.83. The molecule has 0 heterocycles. The van der Waals surface area contributed by atoms with Crippen LogP contribution in [0.25, 0.3) is 0 Å². The lowest BCUT2D eigenvalue weighted by atomic mass is 9.84. The molecule has 120 valence electrons. The maximum Gasteiger partial charge on any atom is 0.230 e. The highest BCUT2D eigenvalue weighted by Crippen LogP contribution is 2.48. The zero-order valence-electron chi connectivity index (χ0n) is 13.6. The molecule has 0 aliphatic heterocycles. The van der Waals surface area contributed by atoms with Crippen molar-refractivity contribution < 1.29 is 4.79 Å². The van der Waals surface area contributed by atoms with Gasteiger partial charge in [0.15, 0.2) is 0 Å². The Hall–Kier alpha value is -1.61. The molecule has 1 aliphatic carbocycles. The third kappa shape index (κ3) is 3.35. The highest BCUT2D eigenvalue weighted by Gasteiger charge is 2.51. The number of rotatable bonds is 5. The van der Waals surface area contributed by atoms with Gasteiger partial charge in [-0.2, -0.15) is 0 Å². The molecule has 0 unspecified atom stereocenters. The molecule has 0 aromatic heterocycles. The number of halogens is 1. The van der Waals surface area contributed by atoms with Crippen molar-refractivity contribution in [3.8, 4) is 0 Å². The van der Waals surface area contributed by atoms with Crippen molar-refractivity contribution in [2.75, 3.05) is 6.54 Å². The molecule has 23 heavy (non-hydrogen) atoms. The van der Waals surface area contributed by atoms with E-state index >= 15 is 0 Å². The topological polar surface area (TPSA) is 29.1 Å². The Morgan fingerprint density at radius 1 is 1.09 bits per heavy atom. The Bertz CT molecular complexity index is 687. The minimum Gasteiger partial charge on any atom is -0.354 e. The first-order valence-electron chi connectivity index (χ1n) is 8.04. The molecule has 0 bridgehead atoms. The van der Waals surface area contributed by atoms with E-state index in [9.17, 15) is 4.79 Å². The molecule has 0 saturated heterocycles. The molecule has 3 heteroatoms. The van der Waals surface area contributed by atoms with Gasteiger partial charge in [-0.3, -0.25) is 4.79 Å². The smallest absolute Gasteiger partial charge is 0.230 e. The predicted octanol–water partition coefficient (Wildman–Crippen LogP) is 4.57. The van der Waals surface area contributed by atoms with Crippen molar-refractivity contribution in [1.82, 2.24) is 5.32 Å². The Morgan fingerprint density at radius 2 is 1.70 bits per heavy atom. The van der Waals surface area contributed by atoms with Gasteiger partial charge < -0.3 is 5.32 Å². The molecule has 1 fully saturated rings. The third-order valence-corrected chi connectivity index (χ3v) is 5.36. The largest absolute Gasteiger partial charge is 0.354 e. The fourth-order valence-corrected chi connectivity index (χ4v) is 3.27. The van der Waals surface area contributed by atoms with Gasteiger partial charge >= 0.3 is 0 Å². The predicted molar refractivity (Wildman–Crippen MR) is 97.5 cm³/mol. The Kier molecular flexibility index (Phi) is 4.33. The monoisotopic (exact) mass is 371 g/mol. The normalized spacial score (nSPS) is 16.0. The molecule has 0 atom stereocenters. The van der Waals surface area contributed by atoms with Crippen molar-refractivity contribution in [1.29, 1.82) is 0 Å². The van der Waals surface area contributed by atoms with Crippen molar-refractivity contribution in [2.45, 2.75) is 37.5 Å². The quantitative estimate of drug-likeness (QED) is 0.818. The van der Waals surface area contributed by atoms with E-state index in [1.165, 1.54) is 5.56 Å². The second-order valence-corrected chi connectivity index (χ2v) is 7.94. The van der Waals surface area contributed by atoms with Crippen molar-refractivity contribution >= 4 is 21.8 Å². The van der Waals surface area contributed by atoms with Crippen LogP contribution in [0.4, 0.5) is 0 Å². The summed E-state index contributed by atoms with van der Waals surface area (Å²) in [6, 6.07) is 18.5. The number of benzene rings is 2. The van der Waals surface area contributed by atoms with Crippen LogP contribution in [0.3, 0.4) is 0 Å². The molecular weight excluding hydrogens is 350 g/mol. The summed E-state index contributed by atoms with van der Waals surface area (Å²) in [5, 5.41) is 3.19. The second-order valence-electron chi connectivity index (χ2n) is 7.02. The Morgan fingerprint density at radius 3 is 2.26 bits per heavy atom. The van der Waals surface area contributed by atoms with Crippen molar-refractivity contribution in [2.24, 2.45) is 0 Å². The fraction of sp³-hybridized carbons (Fsp3) is 0.350. The summed E-state index contributed by atoms with van der Waals surface area (Å²) in [6.07, 6.45) is 1.87. The van der Waals surface area contributed by atoms with Crippen molar-refractivity contribution in [3.63, 3.8) is 0 Å². The van der Waals surface area contributed by atoms with E-state index in [2.05, 4.69) is 59.4 Å². The molecule has 2 aromatic carbocycles. The zero-order chi connectivity index (χ0) is 16.5.